The maximum atomic E-state index is 13.5. The molecule has 0 aliphatic carbocycles. The van der Waals surface area contributed by atoms with E-state index >= 15 is 0 Å². The van der Waals surface area contributed by atoms with Crippen LogP contribution in [0.2, 0.25) is 0 Å². The molecule has 0 spiro atoms. The average Bonchev–Trinajstić information content (AvgIpc) is 2.68. The fraction of sp³-hybridized carbons (Fsp3) is 0.100. The third kappa shape index (κ3) is 3.84. The maximum absolute atomic E-state index is 13.5. The molecule has 2 heterocycles. The molecule has 0 saturated heterocycles. The minimum atomic E-state index is -0.725. The summed E-state index contributed by atoms with van der Waals surface area (Å²) in [6, 6.07) is 12.1. The first-order chi connectivity index (χ1) is 14.0. The normalized spacial score (nSPS) is 10.9. The number of halogens is 1. The van der Waals surface area contributed by atoms with Crippen molar-refractivity contribution in [2.45, 2.75) is 6.42 Å². The maximum Gasteiger partial charge on any atom is 0.334 e. The average molecular weight is 393 g/mol. The lowest BCUT2D eigenvalue weighted by molar-refractivity contribution is 0.474. The van der Waals surface area contributed by atoms with E-state index in [1.807, 2.05) is 6.07 Å². The van der Waals surface area contributed by atoms with Gasteiger partial charge in [-0.1, -0.05) is 18.2 Å². The summed E-state index contributed by atoms with van der Waals surface area (Å²) in [6.07, 6.45) is 1.93. The molecule has 0 atom stereocenters. The van der Waals surface area contributed by atoms with Crippen LogP contribution >= 0.6 is 0 Å². The Bertz CT molecular complexity index is 1320. The molecule has 146 valence electrons. The summed E-state index contributed by atoms with van der Waals surface area (Å²) in [7, 11) is 0. The molecule has 8 nitrogen and oxygen atoms in total. The number of rotatable bonds is 5. The summed E-state index contributed by atoms with van der Waals surface area (Å²) < 4.78 is 14.3. The summed E-state index contributed by atoms with van der Waals surface area (Å²) in [5.41, 5.74) is -0.225. The number of nitrogens with one attached hydrogen (secondary N) is 2. The summed E-state index contributed by atoms with van der Waals surface area (Å²) in [5, 5.41) is 12.6. The summed E-state index contributed by atoms with van der Waals surface area (Å²) >= 11 is 0. The number of aromatic amines is 1. The van der Waals surface area contributed by atoms with Crippen molar-refractivity contribution in [2.75, 3.05) is 11.9 Å². The zero-order valence-corrected chi connectivity index (χ0v) is 15.1. The zero-order valence-electron chi connectivity index (χ0n) is 15.1. The molecule has 0 fully saturated rings. The number of anilines is 1. The molecule has 4 rings (SSSR count). The van der Waals surface area contributed by atoms with Crippen LogP contribution in [-0.2, 0) is 6.42 Å². The number of nitrogens with zero attached hydrogens (tertiary/aromatic N) is 3. The molecule has 2 aromatic carbocycles. The summed E-state index contributed by atoms with van der Waals surface area (Å²) in [6.45, 7) is 0.486. The number of phenols is 1. The molecule has 0 bridgehead atoms. The molecule has 0 aliphatic heterocycles. The predicted molar refractivity (Wildman–Crippen MR) is 106 cm³/mol. The number of aromatic hydroxyl groups is 1. The minimum Gasteiger partial charge on any atom is -0.508 e. The number of hydrogen-bond acceptors (Lipinski definition) is 6. The van der Waals surface area contributed by atoms with Crippen molar-refractivity contribution in [1.82, 2.24) is 19.5 Å². The van der Waals surface area contributed by atoms with Crippen molar-refractivity contribution in [3.8, 4) is 11.4 Å². The Hall–Kier alpha value is -4.01. The molecule has 0 amide bonds. The Morgan fingerprint density at radius 2 is 1.97 bits per heavy atom. The fourth-order valence-corrected chi connectivity index (χ4v) is 2.97. The van der Waals surface area contributed by atoms with Crippen LogP contribution in [0.3, 0.4) is 0 Å². The molecule has 4 aromatic rings. The van der Waals surface area contributed by atoms with Gasteiger partial charge in [0.1, 0.15) is 17.0 Å². The van der Waals surface area contributed by atoms with Gasteiger partial charge in [-0.15, -0.1) is 0 Å². The van der Waals surface area contributed by atoms with Gasteiger partial charge in [-0.2, -0.15) is 4.98 Å². The lowest BCUT2D eigenvalue weighted by Crippen LogP contribution is -2.34. The van der Waals surface area contributed by atoms with Crippen molar-refractivity contribution < 1.29 is 9.50 Å². The van der Waals surface area contributed by atoms with Gasteiger partial charge >= 0.3 is 5.69 Å². The minimum absolute atomic E-state index is 0.0857. The second-order valence-electron chi connectivity index (χ2n) is 6.35. The standard InChI is InChI=1S/C20H16FN5O3/c21-13-4-2-5-14(10-13)26-18(28)16-11-23-19(24-17(16)25-20(26)29)22-8-7-12-3-1-6-15(27)9-12/h1-6,9-11,27H,7-8H2,(H2,22,23,24,25,29). The Morgan fingerprint density at radius 1 is 1.14 bits per heavy atom. The highest BCUT2D eigenvalue weighted by atomic mass is 19.1. The summed E-state index contributed by atoms with van der Waals surface area (Å²) in [5.74, 6) is -0.121. The van der Waals surface area contributed by atoms with Gasteiger partial charge < -0.3 is 10.4 Å². The van der Waals surface area contributed by atoms with E-state index in [1.165, 1.54) is 24.4 Å². The third-order valence-electron chi connectivity index (χ3n) is 4.32. The van der Waals surface area contributed by atoms with E-state index in [-0.39, 0.29) is 28.4 Å². The Kier molecular flexibility index (Phi) is 4.78. The first-order valence-electron chi connectivity index (χ1n) is 8.81. The smallest absolute Gasteiger partial charge is 0.334 e. The first-order valence-corrected chi connectivity index (χ1v) is 8.81. The van der Waals surface area contributed by atoms with Crippen LogP contribution in [0.4, 0.5) is 10.3 Å². The Labute approximate surface area is 163 Å². The van der Waals surface area contributed by atoms with E-state index in [0.717, 1.165) is 16.2 Å². The molecule has 0 saturated carbocycles. The number of benzene rings is 2. The lowest BCUT2D eigenvalue weighted by atomic mass is 10.1. The monoisotopic (exact) mass is 393 g/mol. The van der Waals surface area contributed by atoms with Gasteiger partial charge in [0, 0.05) is 12.7 Å². The molecule has 3 N–H and O–H groups in total. The molecule has 0 unspecified atom stereocenters. The van der Waals surface area contributed by atoms with Crippen molar-refractivity contribution in [3.63, 3.8) is 0 Å². The second-order valence-corrected chi connectivity index (χ2v) is 6.35. The van der Waals surface area contributed by atoms with Crippen molar-refractivity contribution in [2.24, 2.45) is 0 Å². The van der Waals surface area contributed by atoms with Gasteiger partial charge in [0.15, 0.2) is 5.65 Å². The van der Waals surface area contributed by atoms with E-state index in [2.05, 4.69) is 20.3 Å². The number of H-pyrrole nitrogens is 1. The zero-order chi connectivity index (χ0) is 20.4. The second kappa shape index (κ2) is 7.55. The molecule has 2 aromatic heterocycles. The lowest BCUT2D eigenvalue weighted by Gasteiger charge is -2.08. The van der Waals surface area contributed by atoms with Crippen molar-refractivity contribution in [1.29, 1.82) is 0 Å². The van der Waals surface area contributed by atoms with E-state index in [4.69, 9.17) is 0 Å². The largest absolute Gasteiger partial charge is 0.508 e. The van der Waals surface area contributed by atoms with E-state index in [1.54, 1.807) is 18.2 Å². The van der Waals surface area contributed by atoms with Gasteiger partial charge in [-0.05, 0) is 42.3 Å². The van der Waals surface area contributed by atoms with Gasteiger partial charge in [-0.25, -0.2) is 18.7 Å². The van der Waals surface area contributed by atoms with Gasteiger partial charge in [-0.3, -0.25) is 9.78 Å². The number of phenolic OH excluding ortho intramolecular Hbond substituents is 1. The van der Waals surface area contributed by atoms with E-state index in [9.17, 15) is 19.1 Å². The SMILES string of the molecule is O=c1[nH]c2nc(NCCc3cccc(O)c3)ncc2c(=O)n1-c1cccc(F)c1. The topological polar surface area (TPSA) is 113 Å². The van der Waals surface area contributed by atoms with Gasteiger partial charge in [0.2, 0.25) is 5.95 Å². The van der Waals surface area contributed by atoms with Crippen LogP contribution in [0.5, 0.6) is 5.75 Å². The number of hydrogen-bond donors (Lipinski definition) is 3. The Balaban J connectivity index is 1.61. The molecule has 29 heavy (non-hydrogen) atoms. The van der Waals surface area contributed by atoms with Crippen LogP contribution in [0.15, 0.2) is 64.3 Å². The number of aromatic nitrogens is 4. The number of fused-ring (bicyclic) bond motifs is 1. The first kappa shape index (κ1) is 18.4. The molecule has 0 aliphatic rings. The molecule has 9 heteroatoms. The highest BCUT2D eigenvalue weighted by Crippen LogP contribution is 2.12. The van der Waals surface area contributed by atoms with Crippen LogP contribution in [0.1, 0.15) is 5.56 Å². The fourth-order valence-electron chi connectivity index (χ4n) is 2.97. The van der Waals surface area contributed by atoms with Crippen molar-refractivity contribution in [3.05, 3.63) is 86.9 Å². The molecular formula is C20H16FN5O3. The van der Waals surface area contributed by atoms with Crippen LogP contribution < -0.4 is 16.6 Å². The highest BCUT2D eigenvalue weighted by molar-refractivity contribution is 5.73. The Morgan fingerprint density at radius 3 is 2.76 bits per heavy atom. The third-order valence-corrected chi connectivity index (χ3v) is 4.32. The van der Waals surface area contributed by atoms with Crippen LogP contribution in [0, 0.1) is 5.82 Å². The van der Waals surface area contributed by atoms with Crippen LogP contribution in [-0.4, -0.2) is 31.2 Å². The van der Waals surface area contributed by atoms with Crippen molar-refractivity contribution >= 4 is 17.0 Å². The van der Waals surface area contributed by atoms with Gasteiger partial charge in [0.25, 0.3) is 5.56 Å². The molecule has 0 radical (unpaired) electrons. The van der Waals surface area contributed by atoms with Crippen LogP contribution in [0.25, 0.3) is 16.7 Å². The highest BCUT2D eigenvalue weighted by Gasteiger charge is 2.12. The van der Waals surface area contributed by atoms with E-state index in [0.29, 0.717) is 13.0 Å². The quantitative estimate of drug-likeness (QED) is 0.478. The van der Waals surface area contributed by atoms with Gasteiger partial charge in [0.05, 0.1) is 5.69 Å². The molecular weight excluding hydrogens is 377 g/mol. The summed E-state index contributed by atoms with van der Waals surface area (Å²) in [4.78, 5) is 35.9. The van der Waals surface area contributed by atoms with E-state index < -0.39 is 17.1 Å². The predicted octanol–water partition coefficient (Wildman–Crippen LogP) is 1.97.